The number of para-hydroxylation sites is 4. The van der Waals surface area contributed by atoms with Crippen LogP contribution in [-0.2, 0) is 0 Å². The molecule has 0 fully saturated rings. The lowest BCUT2D eigenvalue weighted by atomic mass is 9.32. The number of fused-ring (bicyclic) bond motifs is 13. The standard InChI is InChI=1S/C33H18BN3/c1-3-11-24-19(9-1)23-18-36-29-16-8-5-13-26(29)35-33(36)22-17-21-20-10-2-6-14-27(20)37-28-15-7-4-12-25(28)34(24)31(30(22)23)32(21)37/h1-18H. The molecule has 0 amide bonds. The van der Waals surface area contributed by atoms with Crippen LogP contribution < -0.4 is 16.4 Å². The Morgan fingerprint density at radius 2 is 1.38 bits per heavy atom. The fraction of sp³-hybridized carbons (Fsp3) is 0. The molecule has 0 unspecified atom stereocenters. The minimum Gasteiger partial charge on any atom is -0.310 e. The molecular weight excluding hydrogens is 449 g/mol. The summed E-state index contributed by atoms with van der Waals surface area (Å²) in [5.74, 6) is 0. The highest BCUT2D eigenvalue weighted by Gasteiger charge is 2.40. The molecule has 0 aliphatic carbocycles. The van der Waals surface area contributed by atoms with Crippen molar-refractivity contribution in [2.75, 3.05) is 0 Å². The topological polar surface area (TPSA) is 22.2 Å². The first kappa shape index (κ1) is 18.4. The molecule has 3 nitrogen and oxygen atoms in total. The van der Waals surface area contributed by atoms with Crippen molar-refractivity contribution in [3.63, 3.8) is 0 Å². The Kier molecular flexibility index (Phi) is 3.04. The summed E-state index contributed by atoms with van der Waals surface area (Å²) in [7, 11) is 0. The van der Waals surface area contributed by atoms with Gasteiger partial charge in [-0.1, -0.05) is 78.3 Å². The molecule has 0 N–H and O–H groups in total. The van der Waals surface area contributed by atoms with Gasteiger partial charge < -0.3 is 4.57 Å². The van der Waals surface area contributed by atoms with Crippen molar-refractivity contribution in [2.24, 2.45) is 0 Å². The first-order valence-corrected chi connectivity index (χ1v) is 12.9. The molecule has 0 saturated carbocycles. The minimum atomic E-state index is 0.190. The SMILES string of the molecule is c1ccc2c(c1)B1c3ccccc3-n3c4ccccc4c4cc5c(c-2cn2c6ccccc6nc52)c1c43. The monoisotopic (exact) mass is 467 g/mol. The third kappa shape index (κ3) is 2.00. The molecule has 37 heavy (non-hydrogen) atoms. The van der Waals surface area contributed by atoms with Crippen LogP contribution in [0.15, 0.2) is 109 Å². The van der Waals surface area contributed by atoms with Crippen LogP contribution in [0.2, 0.25) is 0 Å². The van der Waals surface area contributed by atoms with Crippen molar-refractivity contribution in [3.05, 3.63) is 109 Å². The molecule has 0 spiro atoms. The summed E-state index contributed by atoms with van der Waals surface area (Å²) in [6.45, 7) is 0.190. The van der Waals surface area contributed by atoms with E-state index in [2.05, 4.69) is 118 Å². The van der Waals surface area contributed by atoms with E-state index in [0.717, 1.165) is 16.7 Å². The predicted octanol–water partition coefficient (Wildman–Crippen LogP) is 5.55. The molecule has 5 heterocycles. The summed E-state index contributed by atoms with van der Waals surface area (Å²) in [6, 6.07) is 37.7. The number of aromatic nitrogens is 3. The maximum Gasteiger partial charge on any atom is 0.248 e. The zero-order valence-electron chi connectivity index (χ0n) is 19.8. The minimum absolute atomic E-state index is 0.190. The van der Waals surface area contributed by atoms with Gasteiger partial charge in [0, 0.05) is 33.6 Å². The molecule has 0 atom stereocenters. The van der Waals surface area contributed by atoms with Gasteiger partial charge in [0.15, 0.2) is 0 Å². The first-order chi connectivity index (χ1) is 18.4. The van der Waals surface area contributed by atoms with Crippen LogP contribution in [0.3, 0.4) is 0 Å². The van der Waals surface area contributed by atoms with E-state index < -0.39 is 0 Å². The number of hydrogen-bond acceptors (Lipinski definition) is 1. The van der Waals surface area contributed by atoms with Crippen molar-refractivity contribution in [1.82, 2.24) is 14.0 Å². The van der Waals surface area contributed by atoms with Gasteiger partial charge in [0.05, 0.1) is 22.1 Å². The van der Waals surface area contributed by atoms with Gasteiger partial charge in [-0.3, -0.25) is 4.40 Å². The zero-order valence-corrected chi connectivity index (χ0v) is 19.8. The largest absolute Gasteiger partial charge is 0.310 e. The van der Waals surface area contributed by atoms with Gasteiger partial charge >= 0.3 is 0 Å². The summed E-state index contributed by atoms with van der Waals surface area (Å²) in [4.78, 5) is 5.18. The lowest BCUT2D eigenvalue weighted by Gasteiger charge is -2.33. The van der Waals surface area contributed by atoms with Gasteiger partial charge in [-0.15, -0.1) is 0 Å². The molecule has 5 aromatic carbocycles. The molecule has 2 aliphatic heterocycles. The molecule has 2 aliphatic rings. The Labute approximate surface area is 212 Å². The highest BCUT2D eigenvalue weighted by Crippen LogP contribution is 2.42. The average molecular weight is 467 g/mol. The summed E-state index contributed by atoms with van der Waals surface area (Å²) in [6.07, 6.45) is 2.33. The van der Waals surface area contributed by atoms with Crippen LogP contribution in [0, 0.1) is 0 Å². The number of benzene rings is 5. The number of imidazole rings is 1. The first-order valence-electron chi connectivity index (χ1n) is 12.9. The second kappa shape index (κ2) is 6.11. The second-order valence-electron chi connectivity index (χ2n) is 10.4. The van der Waals surface area contributed by atoms with E-state index in [1.807, 2.05) is 0 Å². The van der Waals surface area contributed by atoms with Crippen LogP contribution in [0.5, 0.6) is 0 Å². The molecular formula is C33H18BN3. The Balaban J connectivity index is 1.58. The van der Waals surface area contributed by atoms with Crippen molar-refractivity contribution >= 4 is 72.4 Å². The molecule has 168 valence electrons. The molecule has 8 aromatic rings. The van der Waals surface area contributed by atoms with E-state index in [1.54, 1.807) is 0 Å². The van der Waals surface area contributed by atoms with Gasteiger partial charge in [-0.2, -0.15) is 0 Å². The number of rotatable bonds is 0. The van der Waals surface area contributed by atoms with Gasteiger partial charge in [0.1, 0.15) is 5.65 Å². The summed E-state index contributed by atoms with van der Waals surface area (Å²) >= 11 is 0. The number of hydrogen-bond donors (Lipinski definition) is 0. The van der Waals surface area contributed by atoms with E-state index in [-0.39, 0.29) is 6.71 Å². The van der Waals surface area contributed by atoms with Crippen LogP contribution >= 0.6 is 0 Å². The fourth-order valence-corrected chi connectivity index (χ4v) is 7.33. The van der Waals surface area contributed by atoms with Crippen molar-refractivity contribution in [3.8, 4) is 16.8 Å². The highest BCUT2D eigenvalue weighted by atomic mass is 15.0. The third-order valence-corrected chi connectivity index (χ3v) is 8.70. The van der Waals surface area contributed by atoms with E-state index >= 15 is 0 Å². The molecule has 0 radical (unpaired) electrons. The van der Waals surface area contributed by atoms with Gasteiger partial charge in [-0.05, 0) is 52.2 Å². The smallest absolute Gasteiger partial charge is 0.248 e. The second-order valence-corrected chi connectivity index (χ2v) is 10.4. The van der Waals surface area contributed by atoms with Crippen molar-refractivity contribution < 1.29 is 0 Å². The maximum atomic E-state index is 5.18. The summed E-state index contributed by atoms with van der Waals surface area (Å²) in [5, 5.41) is 5.18. The molecule has 10 rings (SSSR count). The van der Waals surface area contributed by atoms with Crippen LogP contribution in [0.1, 0.15) is 0 Å². The third-order valence-electron chi connectivity index (χ3n) is 8.70. The molecule has 4 heteroatoms. The normalized spacial score (nSPS) is 13.4. The van der Waals surface area contributed by atoms with E-state index in [0.29, 0.717) is 0 Å². The molecule has 3 aromatic heterocycles. The maximum absolute atomic E-state index is 5.18. The average Bonchev–Trinajstić information content (AvgIpc) is 3.50. The van der Waals surface area contributed by atoms with Crippen molar-refractivity contribution in [1.29, 1.82) is 0 Å². The van der Waals surface area contributed by atoms with Crippen LogP contribution in [0.25, 0.3) is 66.1 Å². The molecule has 0 bridgehead atoms. The van der Waals surface area contributed by atoms with Gasteiger partial charge in [0.25, 0.3) is 0 Å². The fourth-order valence-electron chi connectivity index (χ4n) is 7.33. The van der Waals surface area contributed by atoms with Crippen molar-refractivity contribution in [2.45, 2.75) is 0 Å². The Hall–Kier alpha value is -4.83. The van der Waals surface area contributed by atoms with Gasteiger partial charge in [-0.25, -0.2) is 4.98 Å². The Morgan fingerprint density at radius 1 is 0.622 bits per heavy atom. The summed E-state index contributed by atoms with van der Waals surface area (Å²) < 4.78 is 4.81. The van der Waals surface area contributed by atoms with Gasteiger partial charge in [0.2, 0.25) is 6.71 Å². The zero-order chi connectivity index (χ0) is 23.8. The number of pyridine rings is 1. The quantitative estimate of drug-likeness (QED) is 0.268. The number of nitrogens with zero attached hydrogens (tertiary/aromatic N) is 3. The van der Waals surface area contributed by atoms with Crippen LogP contribution in [0.4, 0.5) is 0 Å². The van der Waals surface area contributed by atoms with E-state index in [9.17, 15) is 0 Å². The molecule has 0 saturated heterocycles. The van der Waals surface area contributed by atoms with E-state index in [4.69, 9.17) is 4.98 Å². The van der Waals surface area contributed by atoms with Crippen LogP contribution in [-0.4, -0.2) is 20.7 Å². The predicted molar refractivity (Wildman–Crippen MR) is 155 cm³/mol. The Bertz CT molecular complexity index is 2320. The lowest BCUT2D eigenvalue weighted by Crippen LogP contribution is -2.58. The highest BCUT2D eigenvalue weighted by molar-refractivity contribution is 7.01. The Morgan fingerprint density at radius 3 is 2.32 bits per heavy atom. The summed E-state index contributed by atoms with van der Waals surface area (Å²) in [5.41, 5.74) is 13.9. The van der Waals surface area contributed by atoms with E-state index in [1.165, 1.54) is 65.8 Å². The lowest BCUT2D eigenvalue weighted by molar-refractivity contribution is 1.19.